The van der Waals surface area contributed by atoms with Gasteiger partial charge in [-0.25, -0.2) is 0 Å². The Morgan fingerprint density at radius 3 is 2.68 bits per heavy atom. The number of fused-ring (bicyclic) bond motifs is 3. The molecule has 4 heterocycles. The zero-order valence-corrected chi connectivity index (χ0v) is 11.2. The third kappa shape index (κ3) is 1.55. The lowest BCUT2D eigenvalue weighted by Gasteiger charge is -2.52. The maximum absolute atomic E-state index is 10.8. The molecule has 7 nitrogen and oxygen atoms in total. The second kappa shape index (κ2) is 3.80. The third-order valence-electron chi connectivity index (χ3n) is 4.05. The zero-order valence-electron chi connectivity index (χ0n) is 11.2. The van der Waals surface area contributed by atoms with Crippen LogP contribution in [-0.2, 0) is 26.3 Å². The maximum atomic E-state index is 10.8. The van der Waals surface area contributed by atoms with Gasteiger partial charge in [-0.3, -0.25) is 4.68 Å². The molecule has 3 saturated heterocycles. The highest BCUT2D eigenvalue weighted by Gasteiger charge is 2.72. The van der Waals surface area contributed by atoms with E-state index in [0.717, 1.165) is 0 Å². The molecule has 0 radical (unpaired) electrons. The number of aromatic nitrogens is 2. The standard InChI is InChI=1S/C11H17BN2O5/c1-4-14-6-8(5-13-14)11-10(3,16)9(2,15)7-17-12(18-11)19-11/h5-6,15-16H,4,7H2,1-3H3. The Labute approximate surface area is 111 Å². The van der Waals surface area contributed by atoms with E-state index in [9.17, 15) is 10.2 Å². The van der Waals surface area contributed by atoms with Gasteiger partial charge in [0.25, 0.3) is 0 Å². The highest BCUT2D eigenvalue weighted by atomic mass is 16.9. The van der Waals surface area contributed by atoms with Crippen LogP contribution >= 0.6 is 0 Å². The molecule has 104 valence electrons. The lowest BCUT2D eigenvalue weighted by atomic mass is 9.75. The van der Waals surface area contributed by atoms with Crippen LogP contribution in [0, 0.1) is 0 Å². The van der Waals surface area contributed by atoms with Crippen LogP contribution in [0.3, 0.4) is 0 Å². The molecule has 2 N–H and O–H groups in total. The summed E-state index contributed by atoms with van der Waals surface area (Å²) in [7, 11) is -0.870. The molecule has 4 rings (SSSR count). The molecule has 0 spiro atoms. The van der Waals surface area contributed by atoms with Crippen molar-refractivity contribution >= 4 is 7.32 Å². The van der Waals surface area contributed by atoms with Crippen molar-refractivity contribution in [3.05, 3.63) is 18.0 Å². The van der Waals surface area contributed by atoms with Crippen LogP contribution < -0.4 is 0 Å². The van der Waals surface area contributed by atoms with Crippen LogP contribution in [0.25, 0.3) is 0 Å². The van der Waals surface area contributed by atoms with Gasteiger partial charge in [0, 0.05) is 18.3 Å². The normalized spacial score (nSPS) is 41.8. The SMILES string of the molecule is CCn1cc(C23OB(OCC(C)(O)C2(C)O)O3)cn1. The summed E-state index contributed by atoms with van der Waals surface area (Å²) in [6.45, 7) is 5.53. The first kappa shape index (κ1) is 13.1. The van der Waals surface area contributed by atoms with Crippen LogP contribution in [-0.4, -0.2) is 45.1 Å². The molecule has 3 aliphatic rings. The monoisotopic (exact) mass is 268 g/mol. The van der Waals surface area contributed by atoms with Crippen LogP contribution in [0.1, 0.15) is 26.3 Å². The van der Waals surface area contributed by atoms with E-state index >= 15 is 0 Å². The van der Waals surface area contributed by atoms with E-state index in [1.165, 1.54) is 13.8 Å². The molecule has 0 saturated carbocycles. The summed E-state index contributed by atoms with van der Waals surface area (Å²) in [5.74, 6) is -1.45. The molecule has 0 aliphatic carbocycles. The molecular formula is C11H17BN2O5. The maximum Gasteiger partial charge on any atom is 0.644 e. The lowest BCUT2D eigenvalue weighted by molar-refractivity contribution is -0.348. The van der Waals surface area contributed by atoms with Crippen molar-refractivity contribution in [1.82, 2.24) is 9.78 Å². The Kier molecular flexibility index (Phi) is 2.62. The summed E-state index contributed by atoms with van der Waals surface area (Å²) in [4.78, 5) is 0. The van der Waals surface area contributed by atoms with Gasteiger partial charge in [0.05, 0.1) is 12.8 Å². The summed E-state index contributed by atoms with van der Waals surface area (Å²) in [6.07, 6.45) is 3.29. The Hall–Kier alpha value is -0.925. The number of hydrogen-bond acceptors (Lipinski definition) is 6. The number of rotatable bonds is 2. The molecule has 8 heteroatoms. The number of hydrogen-bond donors (Lipinski definition) is 2. The second-order valence-electron chi connectivity index (χ2n) is 5.38. The number of aryl methyl sites for hydroxylation is 1. The van der Waals surface area contributed by atoms with E-state index in [-0.39, 0.29) is 6.61 Å². The van der Waals surface area contributed by atoms with Crippen molar-refractivity contribution in [2.24, 2.45) is 0 Å². The average molecular weight is 268 g/mol. The summed E-state index contributed by atoms with van der Waals surface area (Å²) >= 11 is 0. The Balaban J connectivity index is 2.06. The first-order chi connectivity index (χ1) is 8.82. The molecule has 3 fully saturated rings. The minimum atomic E-state index is -1.67. The summed E-state index contributed by atoms with van der Waals surface area (Å²) in [5, 5.41) is 25.3. The minimum Gasteiger partial charge on any atom is -0.385 e. The zero-order chi connectivity index (χ0) is 13.9. The first-order valence-corrected chi connectivity index (χ1v) is 6.27. The van der Waals surface area contributed by atoms with E-state index in [4.69, 9.17) is 14.0 Å². The fourth-order valence-electron chi connectivity index (χ4n) is 2.43. The Morgan fingerprint density at radius 1 is 1.42 bits per heavy atom. The van der Waals surface area contributed by atoms with Crippen LogP contribution in [0.4, 0.5) is 0 Å². The van der Waals surface area contributed by atoms with Gasteiger partial charge in [0.2, 0.25) is 5.79 Å². The van der Waals surface area contributed by atoms with Crippen molar-refractivity contribution in [3.8, 4) is 0 Å². The molecular weight excluding hydrogens is 251 g/mol. The van der Waals surface area contributed by atoms with Gasteiger partial charge in [-0.1, -0.05) is 0 Å². The minimum absolute atomic E-state index is 0.0751. The Morgan fingerprint density at radius 2 is 2.11 bits per heavy atom. The van der Waals surface area contributed by atoms with Crippen molar-refractivity contribution in [3.63, 3.8) is 0 Å². The smallest absolute Gasteiger partial charge is 0.385 e. The van der Waals surface area contributed by atoms with E-state index in [2.05, 4.69) is 5.10 Å². The second-order valence-corrected chi connectivity index (χ2v) is 5.38. The molecule has 1 aromatic rings. The van der Waals surface area contributed by atoms with Crippen molar-refractivity contribution < 1.29 is 24.2 Å². The van der Waals surface area contributed by atoms with Crippen LogP contribution in [0.5, 0.6) is 0 Å². The molecule has 1 aromatic heterocycles. The number of aliphatic hydroxyl groups is 2. The predicted molar refractivity (Wildman–Crippen MR) is 64.7 cm³/mol. The highest BCUT2D eigenvalue weighted by Crippen LogP contribution is 2.52. The molecule has 3 aliphatic heterocycles. The van der Waals surface area contributed by atoms with Gasteiger partial charge in [0.1, 0.15) is 11.2 Å². The van der Waals surface area contributed by atoms with Gasteiger partial charge in [-0.15, -0.1) is 0 Å². The van der Waals surface area contributed by atoms with Crippen LogP contribution in [0.15, 0.2) is 12.4 Å². The van der Waals surface area contributed by atoms with Crippen LogP contribution in [0.2, 0.25) is 0 Å². The summed E-state index contributed by atoms with van der Waals surface area (Å²) in [5.41, 5.74) is -2.62. The molecule has 2 unspecified atom stereocenters. The predicted octanol–water partition coefficient (Wildman–Crippen LogP) is -0.380. The average Bonchev–Trinajstić information content (AvgIpc) is 2.70. The highest BCUT2D eigenvalue weighted by molar-refractivity contribution is 6.39. The topological polar surface area (TPSA) is 86.0 Å². The van der Waals surface area contributed by atoms with E-state index in [0.29, 0.717) is 12.1 Å². The van der Waals surface area contributed by atoms with Gasteiger partial charge < -0.3 is 24.2 Å². The summed E-state index contributed by atoms with van der Waals surface area (Å²) < 4.78 is 18.1. The van der Waals surface area contributed by atoms with Gasteiger partial charge >= 0.3 is 7.32 Å². The van der Waals surface area contributed by atoms with Gasteiger partial charge in [-0.2, -0.15) is 5.10 Å². The van der Waals surface area contributed by atoms with Gasteiger partial charge in [-0.05, 0) is 20.8 Å². The largest absolute Gasteiger partial charge is 0.644 e. The molecule has 0 aromatic carbocycles. The molecule has 0 amide bonds. The van der Waals surface area contributed by atoms with E-state index in [1.54, 1.807) is 17.1 Å². The molecule has 19 heavy (non-hydrogen) atoms. The summed E-state index contributed by atoms with van der Waals surface area (Å²) in [6, 6.07) is 0. The van der Waals surface area contributed by atoms with Crippen molar-refractivity contribution in [2.45, 2.75) is 44.3 Å². The fraction of sp³-hybridized carbons (Fsp3) is 0.727. The Bertz CT molecular complexity index is 495. The molecule has 2 bridgehead atoms. The van der Waals surface area contributed by atoms with Crippen molar-refractivity contribution in [1.29, 1.82) is 0 Å². The van der Waals surface area contributed by atoms with E-state index < -0.39 is 24.3 Å². The van der Waals surface area contributed by atoms with Gasteiger partial charge in [0.15, 0.2) is 0 Å². The lowest BCUT2D eigenvalue weighted by Crippen LogP contribution is -2.70. The fourth-order valence-corrected chi connectivity index (χ4v) is 2.43. The number of nitrogens with zero attached hydrogens (tertiary/aromatic N) is 2. The molecule has 2 atom stereocenters. The van der Waals surface area contributed by atoms with E-state index in [1.807, 2.05) is 6.92 Å². The third-order valence-corrected chi connectivity index (χ3v) is 4.05. The quantitative estimate of drug-likeness (QED) is 0.711. The van der Waals surface area contributed by atoms with Crippen molar-refractivity contribution in [2.75, 3.05) is 6.61 Å². The first-order valence-electron chi connectivity index (χ1n) is 6.27.